The fourth-order valence-electron chi connectivity index (χ4n) is 2.82. The van der Waals surface area contributed by atoms with Crippen LogP contribution < -0.4 is 4.90 Å². The number of aromatic nitrogens is 1. The van der Waals surface area contributed by atoms with E-state index in [0.29, 0.717) is 11.8 Å². The number of carbonyl (C=O) groups excluding carboxylic acids is 3. The third-order valence-corrected chi connectivity index (χ3v) is 5.60. The van der Waals surface area contributed by atoms with Crippen LogP contribution in [0.5, 0.6) is 0 Å². The molecule has 0 aliphatic heterocycles. The lowest BCUT2D eigenvalue weighted by Gasteiger charge is -2.20. The van der Waals surface area contributed by atoms with Crippen molar-refractivity contribution in [1.82, 2.24) is 4.98 Å². The average molecular weight is 474 g/mol. The van der Waals surface area contributed by atoms with Crippen molar-refractivity contribution in [3.05, 3.63) is 81.9 Å². The molecular formula is C23H20F2N2O5S. The van der Waals surface area contributed by atoms with E-state index in [1.165, 1.54) is 4.90 Å². The molecule has 0 radical (unpaired) electrons. The molecule has 3 aromatic rings. The summed E-state index contributed by atoms with van der Waals surface area (Å²) in [6.07, 6.45) is 0. The normalized spacial score (nSPS) is 10.5. The first kappa shape index (κ1) is 24.0. The molecule has 2 aromatic carbocycles. The molecule has 1 aromatic heterocycles. The molecule has 0 unspecified atom stereocenters. The third kappa shape index (κ3) is 5.98. The second-order valence-corrected chi connectivity index (χ2v) is 7.78. The van der Waals surface area contributed by atoms with E-state index in [0.717, 1.165) is 29.0 Å². The molecule has 172 valence electrons. The van der Waals surface area contributed by atoms with Crippen molar-refractivity contribution < 1.29 is 32.6 Å². The zero-order valence-electron chi connectivity index (χ0n) is 17.8. The minimum absolute atomic E-state index is 0.109. The number of thiazole rings is 1. The summed E-state index contributed by atoms with van der Waals surface area (Å²) in [6, 6.07) is 11.6. The lowest BCUT2D eigenvalue weighted by molar-refractivity contribution is -0.121. The highest BCUT2D eigenvalue weighted by Crippen LogP contribution is 2.28. The topological polar surface area (TPSA) is 85.8 Å². The number of benzene rings is 2. The van der Waals surface area contributed by atoms with Gasteiger partial charge in [0.05, 0.1) is 24.4 Å². The molecule has 33 heavy (non-hydrogen) atoms. The van der Waals surface area contributed by atoms with E-state index in [4.69, 9.17) is 9.47 Å². The summed E-state index contributed by atoms with van der Waals surface area (Å²) < 4.78 is 36.5. The molecule has 0 aliphatic rings. The van der Waals surface area contributed by atoms with Crippen molar-refractivity contribution in [3.8, 4) is 0 Å². The van der Waals surface area contributed by atoms with E-state index in [1.807, 2.05) is 6.07 Å². The third-order valence-electron chi connectivity index (χ3n) is 4.44. The summed E-state index contributed by atoms with van der Waals surface area (Å²) in [5.41, 5.74) is 0.951. The molecule has 0 atom stereocenters. The van der Waals surface area contributed by atoms with Gasteiger partial charge in [0, 0.05) is 0 Å². The Balaban J connectivity index is 1.81. The predicted octanol–water partition coefficient (Wildman–Crippen LogP) is 4.30. The van der Waals surface area contributed by atoms with Crippen molar-refractivity contribution in [2.75, 3.05) is 18.1 Å². The number of hydrogen-bond acceptors (Lipinski definition) is 7. The number of rotatable bonds is 8. The second-order valence-electron chi connectivity index (χ2n) is 6.80. The number of esters is 2. The summed E-state index contributed by atoms with van der Waals surface area (Å²) in [7, 11) is 0. The Morgan fingerprint density at radius 3 is 2.39 bits per heavy atom. The molecule has 0 fully saturated rings. The maximum atomic E-state index is 13.4. The van der Waals surface area contributed by atoms with Gasteiger partial charge in [0.1, 0.15) is 4.88 Å². The van der Waals surface area contributed by atoms with Gasteiger partial charge in [0.25, 0.3) is 5.91 Å². The maximum Gasteiger partial charge on any atom is 0.350 e. The maximum absolute atomic E-state index is 13.4. The lowest BCUT2D eigenvalue weighted by Crippen LogP contribution is -2.34. The summed E-state index contributed by atoms with van der Waals surface area (Å²) in [6.45, 7) is 2.94. The van der Waals surface area contributed by atoms with Crippen LogP contribution in [0, 0.1) is 18.6 Å². The van der Waals surface area contributed by atoms with Crippen LogP contribution in [-0.2, 0) is 20.8 Å². The van der Waals surface area contributed by atoms with Gasteiger partial charge in [-0.1, -0.05) is 41.7 Å². The Hall–Kier alpha value is -3.66. The van der Waals surface area contributed by atoms with Crippen LogP contribution in [0.15, 0.2) is 48.5 Å². The Bertz CT molecular complexity index is 1170. The SMILES string of the molecule is CCOC(=O)c1sc(N(Cc2ccccc2)C(=O)COC(=O)c2ccc(F)c(F)c2)nc1C. The summed E-state index contributed by atoms with van der Waals surface area (Å²) in [4.78, 5) is 43.2. The van der Waals surface area contributed by atoms with Crippen molar-refractivity contribution in [2.24, 2.45) is 0 Å². The van der Waals surface area contributed by atoms with Gasteiger partial charge in [-0.05, 0) is 37.6 Å². The first-order chi connectivity index (χ1) is 15.8. The van der Waals surface area contributed by atoms with E-state index in [2.05, 4.69) is 4.98 Å². The smallest absolute Gasteiger partial charge is 0.350 e. The average Bonchev–Trinajstić information content (AvgIpc) is 3.19. The summed E-state index contributed by atoms with van der Waals surface area (Å²) >= 11 is 0.985. The Labute approximate surface area is 192 Å². The van der Waals surface area contributed by atoms with E-state index >= 15 is 0 Å². The van der Waals surface area contributed by atoms with Crippen LogP contribution >= 0.6 is 11.3 Å². The molecule has 1 heterocycles. The van der Waals surface area contributed by atoms with Gasteiger partial charge in [0.15, 0.2) is 23.4 Å². The molecule has 0 N–H and O–H groups in total. The minimum atomic E-state index is -1.20. The first-order valence-corrected chi connectivity index (χ1v) is 10.7. The highest BCUT2D eigenvalue weighted by atomic mass is 32.1. The number of ether oxygens (including phenoxy) is 2. The number of amides is 1. The van der Waals surface area contributed by atoms with Gasteiger partial charge in [-0.3, -0.25) is 9.69 Å². The zero-order valence-corrected chi connectivity index (χ0v) is 18.7. The molecule has 0 aliphatic carbocycles. The van der Waals surface area contributed by atoms with Crippen LogP contribution in [0.1, 0.15) is 38.2 Å². The monoisotopic (exact) mass is 474 g/mol. The lowest BCUT2D eigenvalue weighted by atomic mass is 10.2. The van der Waals surface area contributed by atoms with Gasteiger partial charge < -0.3 is 9.47 Å². The van der Waals surface area contributed by atoms with E-state index in [9.17, 15) is 23.2 Å². The highest BCUT2D eigenvalue weighted by molar-refractivity contribution is 7.17. The van der Waals surface area contributed by atoms with Crippen LogP contribution in [0.4, 0.5) is 13.9 Å². The quantitative estimate of drug-likeness (QED) is 0.453. The van der Waals surface area contributed by atoms with Gasteiger partial charge >= 0.3 is 11.9 Å². The number of anilines is 1. The van der Waals surface area contributed by atoms with Gasteiger partial charge in [-0.2, -0.15) is 0 Å². The fourth-order valence-corrected chi connectivity index (χ4v) is 3.80. The zero-order chi connectivity index (χ0) is 24.0. The molecule has 0 saturated carbocycles. The predicted molar refractivity (Wildman–Crippen MR) is 117 cm³/mol. The van der Waals surface area contributed by atoms with E-state index in [-0.39, 0.29) is 28.7 Å². The number of halogens is 2. The number of hydrogen-bond donors (Lipinski definition) is 0. The first-order valence-electron chi connectivity index (χ1n) is 9.91. The fraction of sp³-hybridized carbons (Fsp3) is 0.217. The van der Waals surface area contributed by atoms with Crippen molar-refractivity contribution in [3.63, 3.8) is 0 Å². The van der Waals surface area contributed by atoms with Gasteiger partial charge in [0.2, 0.25) is 0 Å². The molecule has 7 nitrogen and oxygen atoms in total. The molecule has 1 amide bonds. The Morgan fingerprint density at radius 2 is 1.73 bits per heavy atom. The highest BCUT2D eigenvalue weighted by Gasteiger charge is 2.25. The summed E-state index contributed by atoms with van der Waals surface area (Å²) in [5.74, 6) is -4.45. The van der Waals surface area contributed by atoms with E-state index in [1.54, 1.807) is 38.1 Å². The molecule has 3 rings (SSSR count). The molecule has 0 saturated heterocycles. The van der Waals surface area contributed by atoms with Crippen LogP contribution in [0.2, 0.25) is 0 Å². The largest absolute Gasteiger partial charge is 0.462 e. The van der Waals surface area contributed by atoms with Crippen LogP contribution in [0.3, 0.4) is 0 Å². The molecule has 0 bridgehead atoms. The standard InChI is InChI=1S/C23H20F2N2O5S/c1-3-31-22(30)20-14(2)26-23(33-20)27(12-15-7-5-4-6-8-15)19(28)13-32-21(29)16-9-10-17(24)18(25)11-16/h4-11H,3,12-13H2,1-2H3. The minimum Gasteiger partial charge on any atom is -0.462 e. The number of nitrogens with zero attached hydrogens (tertiary/aromatic N) is 2. The van der Waals surface area contributed by atoms with Crippen molar-refractivity contribution in [1.29, 1.82) is 0 Å². The Kier molecular flexibility index (Phi) is 7.83. The number of aryl methyl sites for hydroxylation is 1. The molecule has 0 spiro atoms. The van der Waals surface area contributed by atoms with Crippen LogP contribution in [-0.4, -0.2) is 36.0 Å². The summed E-state index contributed by atoms with van der Waals surface area (Å²) in [5, 5.41) is 0.230. The Morgan fingerprint density at radius 1 is 1.00 bits per heavy atom. The second kappa shape index (κ2) is 10.8. The van der Waals surface area contributed by atoms with E-state index < -0.39 is 36.1 Å². The van der Waals surface area contributed by atoms with Crippen molar-refractivity contribution in [2.45, 2.75) is 20.4 Å². The van der Waals surface area contributed by atoms with Gasteiger partial charge in [-0.25, -0.2) is 23.4 Å². The molecule has 10 heteroatoms. The van der Waals surface area contributed by atoms with Crippen molar-refractivity contribution >= 4 is 34.3 Å². The molecular weight excluding hydrogens is 454 g/mol. The van der Waals surface area contributed by atoms with Crippen LogP contribution in [0.25, 0.3) is 0 Å². The van der Waals surface area contributed by atoms with Gasteiger partial charge in [-0.15, -0.1) is 0 Å². The number of carbonyl (C=O) groups is 3.